The number of imide groups is 1. The molecular weight excluding hydrogens is 222 g/mol. The number of benzene rings is 1. The first-order valence-corrected chi connectivity index (χ1v) is 5.06. The number of amides is 3. The molecule has 88 valence electrons. The van der Waals surface area contributed by atoms with Gasteiger partial charge in [-0.2, -0.15) is 0 Å². The highest BCUT2D eigenvalue weighted by Gasteiger charge is 2.32. The number of carbonyl (C=O) groups is 3. The van der Waals surface area contributed by atoms with E-state index in [-0.39, 0.29) is 6.42 Å². The smallest absolute Gasteiger partial charge is 0.322 e. The standard InChI is InChI=1S/C11H11N3O3/c12-7-2-3-8-6(5-7)1-4-9(15)14(8)11(17)10(13)16/h2-3,5H,1,4,12H2,(H2,13,16). The third kappa shape index (κ3) is 1.84. The Labute approximate surface area is 97.2 Å². The number of primary amides is 1. The first-order valence-electron chi connectivity index (χ1n) is 5.06. The van der Waals surface area contributed by atoms with Gasteiger partial charge < -0.3 is 11.5 Å². The van der Waals surface area contributed by atoms with Crippen LogP contribution in [-0.2, 0) is 20.8 Å². The monoisotopic (exact) mass is 233 g/mol. The van der Waals surface area contributed by atoms with Crippen LogP contribution in [0.2, 0.25) is 0 Å². The fourth-order valence-corrected chi connectivity index (χ4v) is 1.84. The van der Waals surface area contributed by atoms with Gasteiger partial charge in [0.25, 0.3) is 0 Å². The molecule has 17 heavy (non-hydrogen) atoms. The van der Waals surface area contributed by atoms with Gasteiger partial charge in [-0.3, -0.25) is 14.4 Å². The Morgan fingerprint density at radius 1 is 1.24 bits per heavy atom. The number of nitrogens with zero attached hydrogens (tertiary/aromatic N) is 1. The van der Waals surface area contributed by atoms with Gasteiger partial charge in [0.05, 0.1) is 5.69 Å². The van der Waals surface area contributed by atoms with Crippen molar-refractivity contribution in [1.82, 2.24) is 0 Å². The second-order valence-electron chi connectivity index (χ2n) is 3.79. The van der Waals surface area contributed by atoms with Crippen LogP contribution in [0.1, 0.15) is 12.0 Å². The molecule has 0 saturated heterocycles. The Balaban J connectivity index is 2.51. The first-order chi connectivity index (χ1) is 8.00. The predicted octanol–water partition coefficient (Wildman–Crippen LogP) is -0.440. The summed E-state index contributed by atoms with van der Waals surface area (Å²) in [6.45, 7) is 0. The van der Waals surface area contributed by atoms with E-state index in [1.807, 2.05) is 0 Å². The number of rotatable bonds is 0. The lowest BCUT2D eigenvalue weighted by Crippen LogP contribution is -2.46. The summed E-state index contributed by atoms with van der Waals surface area (Å²) >= 11 is 0. The fraction of sp³-hybridized carbons (Fsp3) is 0.182. The van der Waals surface area contributed by atoms with Crippen LogP contribution in [0.5, 0.6) is 0 Å². The zero-order chi connectivity index (χ0) is 12.6. The highest BCUT2D eigenvalue weighted by molar-refractivity contribution is 6.45. The minimum Gasteiger partial charge on any atom is -0.399 e. The van der Waals surface area contributed by atoms with Crippen LogP contribution in [0.25, 0.3) is 0 Å². The molecule has 2 rings (SSSR count). The van der Waals surface area contributed by atoms with E-state index in [2.05, 4.69) is 0 Å². The van der Waals surface area contributed by atoms with Crippen molar-refractivity contribution in [3.63, 3.8) is 0 Å². The SMILES string of the molecule is NC(=O)C(=O)N1C(=O)CCc2cc(N)ccc21. The first kappa shape index (κ1) is 11.1. The molecule has 1 aromatic rings. The molecule has 1 heterocycles. The topological polar surface area (TPSA) is 106 Å². The van der Waals surface area contributed by atoms with Gasteiger partial charge in [-0.1, -0.05) is 0 Å². The molecule has 0 unspecified atom stereocenters. The predicted molar refractivity (Wildman–Crippen MR) is 60.9 cm³/mol. The van der Waals surface area contributed by atoms with E-state index in [0.29, 0.717) is 17.8 Å². The van der Waals surface area contributed by atoms with Crippen LogP contribution in [0.15, 0.2) is 18.2 Å². The summed E-state index contributed by atoms with van der Waals surface area (Å²) in [5.74, 6) is -2.59. The van der Waals surface area contributed by atoms with Crippen molar-refractivity contribution < 1.29 is 14.4 Å². The van der Waals surface area contributed by atoms with Gasteiger partial charge in [-0.15, -0.1) is 0 Å². The largest absolute Gasteiger partial charge is 0.399 e. The third-order valence-corrected chi connectivity index (χ3v) is 2.62. The normalized spacial score (nSPS) is 14.4. The molecule has 0 aliphatic carbocycles. The molecule has 0 spiro atoms. The van der Waals surface area contributed by atoms with Crippen LogP contribution in [0.4, 0.5) is 11.4 Å². The zero-order valence-electron chi connectivity index (χ0n) is 8.97. The van der Waals surface area contributed by atoms with Gasteiger partial charge in [-0.05, 0) is 30.2 Å². The second kappa shape index (κ2) is 3.89. The van der Waals surface area contributed by atoms with E-state index >= 15 is 0 Å². The quantitative estimate of drug-likeness (QED) is 0.468. The zero-order valence-corrected chi connectivity index (χ0v) is 8.97. The molecule has 1 aliphatic rings. The Hall–Kier alpha value is -2.37. The second-order valence-corrected chi connectivity index (χ2v) is 3.79. The molecule has 1 aromatic carbocycles. The fourth-order valence-electron chi connectivity index (χ4n) is 1.84. The number of aryl methyl sites for hydroxylation is 1. The van der Waals surface area contributed by atoms with Gasteiger partial charge in [0.15, 0.2) is 0 Å². The molecule has 0 atom stereocenters. The number of hydrogen-bond donors (Lipinski definition) is 2. The lowest BCUT2D eigenvalue weighted by atomic mass is 10.0. The van der Waals surface area contributed by atoms with Gasteiger partial charge in [0, 0.05) is 12.1 Å². The van der Waals surface area contributed by atoms with Crippen molar-refractivity contribution in [3.05, 3.63) is 23.8 Å². The van der Waals surface area contributed by atoms with E-state index in [1.54, 1.807) is 18.2 Å². The summed E-state index contributed by atoms with van der Waals surface area (Å²) in [4.78, 5) is 34.9. The molecule has 1 aliphatic heterocycles. The van der Waals surface area contributed by atoms with E-state index in [4.69, 9.17) is 11.5 Å². The number of nitrogens with two attached hydrogens (primary N) is 2. The van der Waals surface area contributed by atoms with Crippen molar-refractivity contribution in [2.24, 2.45) is 5.73 Å². The summed E-state index contributed by atoms with van der Waals surface area (Å²) in [7, 11) is 0. The average molecular weight is 233 g/mol. The van der Waals surface area contributed by atoms with Crippen LogP contribution < -0.4 is 16.4 Å². The number of nitrogen functional groups attached to an aromatic ring is 1. The molecule has 6 nitrogen and oxygen atoms in total. The minimum absolute atomic E-state index is 0.162. The molecule has 0 saturated carbocycles. The highest BCUT2D eigenvalue weighted by Crippen LogP contribution is 2.29. The number of fused-ring (bicyclic) bond motifs is 1. The molecule has 4 N–H and O–H groups in total. The third-order valence-electron chi connectivity index (χ3n) is 2.62. The van der Waals surface area contributed by atoms with Crippen LogP contribution in [-0.4, -0.2) is 17.7 Å². The van der Waals surface area contributed by atoms with Crippen LogP contribution in [0, 0.1) is 0 Å². The summed E-state index contributed by atoms with van der Waals surface area (Å²) in [6, 6.07) is 4.80. The molecule has 6 heteroatoms. The molecule has 0 fully saturated rings. The number of anilines is 2. The molecule has 0 aromatic heterocycles. The molecular formula is C11H11N3O3. The lowest BCUT2D eigenvalue weighted by Gasteiger charge is -2.26. The van der Waals surface area contributed by atoms with Gasteiger partial charge in [0.1, 0.15) is 0 Å². The molecule has 0 radical (unpaired) electrons. The maximum absolute atomic E-state index is 11.7. The highest BCUT2D eigenvalue weighted by atomic mass is 16.2. The van der Waals surface area contributed by atoms with E-state index in [1.165, 1.54) is 0 Å². The van der Waals surface area contributed by atoms with Crippen molar-refractivity contribution >= 4 is 29.1 Å². The summed E-state index contributed by atoms with van der Waals surface area (Å²) < 4.78 is 0. The molecule has 3 amide bonds. The maximum atomic E-state index is 11.7. The summed E-state index contributed by atoms with van der Waals surface area (Å²) in [5.41, 5.74) is 12.2. The van der Waals surface area contributed by atoms with E-state index in [0.717, 1.165) is 10.5 Å². The average Bonchev–Trinajstić information content (AvgIpc) is 2.28. The van der Waals surface area contributed by atoms with Crippen molar-refractivity contribution in [1.29, 1.82) is 0 Å². The maximum Gasteiger partial charge on any atom is 0.322 e. The van der Waals surface area contributed by atoms with Crippen molar-refractivity contribution in [3.8, 4) is 0 Å². The molecule has 0 bridgehead atoms. The van der Waals surface area contributed by atoms with Crippen LogP contribution in [0.3, 0.4) is 0 Å². The van der Waals surface area contributed by atoms with Gasteiger partial charge >= 0.3 is 11.8 Å². The summed E-state index contributed by atoms with van der Waals surface area (Å²) in [6.07, 6.45) is 0.664. The Morgan fingerprint density at radius 2 is 1.94 bits per heavy atom. The lowest BCUT2D eigenvalue weighted by molar-refractivity contribution is -0.138. The number of carbonyl (C=O) groups excluding carboxylic acids is 3. The van der Waals surface area contributed by atoms with Gasteiger partial charge in [-0.25, -0.2) is 4.90 Å². The van der Waals surface area contributed by atoms with E-state index < -0.39 is 17.7 Å². The van der Waals surface area contributed by atoms with Crippen LogP contribution >= 0.6 is 0 Å². The summed E-state index contributed by atoms with van der Waals surface area (Å²) in [5, 5.41) is 0. The Bertz CT molecular complexity index is 525. The Morgan fingerprint density at radius 3 is 2.59 bits per heavy atom. The van der Waals surface area contributed by atoms with Crippen molar-refractivity contribution in [2.75, 3.05) is 10.6 Å². The minimum atomic E-state index is -1.15. The van der Waals surface area contributed by atoms with E-state index in [9.17, 15) is 14.4 Å². The Kier molecular flexibility index (Phi) is 2.55. The van der Waals surface area contributed by atoms with Gasteiger partial charge in [0.2, 0.25) is 5.91 Å². The van der Waals surface area contributed by atoms with Crippen molar-refractivity contribution in [2.45, 2.75) is 12.8 Å². The number of hydrogen-bond acceptors (Lipinski definition) is 4.